The molecule has 9 nitrogen and oxygen atoms in total. The maximum absolute atomic E-state index is 12.1. The van der Waals surface area contributed by atoms with E-state index in [9.17, 15) is 24.9 Å². The van der Waals surface area contributed by atoms with Crippen molar-refractivity contribution in [1.29, 1.82) is 0 Å². The molecular formula is C17H25N3O6. The normalized spacial score (nSPS) is 26.3. The van der Waals surface area contributed by atoms with Crippen LogP contribution in [0, 0.1) is 0 Å². The van der Waals surface area contributed by atoms with Gasteiger partial charge in [0, 0.05) is 24.6 Å². The van der Waals surface area contributed by atoms with Gasteiger partial charge >= 0.3 is 5.69 Å². The molecule has 2 rings (SSSR count). The minimum absolute atomic E-state index is 0.0136. The van der Waals surface area contributed by atoms with Crippen LogP contribution in [0.25, 0.3) is 6.08 Å². The van der Waals surface area contributed by atoms with Crippen molar-refractivity contribution in [3.63, 3.8) is 0 Å². The van der Waals surface area contributed by atoms with Crippen LogP contribution >= 0.6 is 0 Å². The van der Waals surface area contributed by atoms with Gasteiger partial charge in [0.25, 0.3) is 0 Å². The average Bonchev–Trinajstić information content (AvgIpc) is 2.85. The zero-order valence-electron chi connectivity index (χ0n) is 14.8. The number of aromatic nitrogens is 2. The Morgan fingerprint density at radius 1 is 1.42 bits per heavy atom. The van der Waals surface area contributed by atoms with Gasteiger partial charge in [-0.2, -0.15) is 4.98 Å². The Bertz CT molecular complexity index is 745. The summed E-state index contributed by atoms with van der Waals surface area (Å²) in [7, 11) is 0. The van der Waals surface area contributed by atoms with Crippen LogP contribution in [0.4, 0.5) is 5.82 Å². The quantitative estimate of drug-likeness (QED) is 0.509. The number of allylic oxidation sites excluding steroid dienone is 1. The Kier molecular flexibility index (Phi) is 6.65. The Morgan fingerprint density at radius 2 is 2.12 bits per heavy atom. The summed E-state index contributed by atoms with van der Waals surface area (Å²) in [4.78, 5) is 27.6. The Hall–Kier alpha value is -2.07. The smallest absolute Gasteiger partial charge is 0.351 e. The van der Waals surface area contributed by atoms with Crippen molar-refractivity contribution in [2.24, 2.45) is 0 Å². The molecule has 0 bridgehead atoms. The molecule has 0 unspecified atom stereocenters. The van der Waals surface area contributed by atoms with Gasteiger partial charge in [-0.25, -0.2) is 4.79 Å². The van der Waals surface area contributed by atoms with Gasteiger partial charge in [-0.1, -0.05) is 18.6 Å². The highest BCUT2D eigenvalue weighted by atomic mass is 16.6. The minimum atomic E-state index is -1.40. The summed E-state index contributed by atoms with van der Waals surface area (Å²) < 4.78 is 6.38. The Morgan fingerprint density at radius 3 is 2.69 bits per heavy atom. The van der Waals surface area contributed by atoms with Crippen LogP contribution in [0.5, 0.6) is 0 Å². The molecule has 26 heavy (non-hydrogen) atoms. The zero-order chi connectivity index (χ0) is 19.4. The van der Waals surface area contributed by atoms with Crippen molar-refractivity contribution < 1.29 is 24.9 Å². The van der Waals surface area contributed by atoms with Gasteiger partial charge in [0.15, 0.2) is 6.23 Å². The molecule has 0 aliphatic carbocycles. The Balaban J connectivity index is 2.32. The van der Waals surface area contributed by atoms with E-state index in [4.69, 9.17) is 10.5 Å². The predicted octanol–water partition coefficient (Wildman–Crippen LogP) is -0.400. The van der Waals surface area contributed by atoms with Crippen LogP contribution in [0.1, 0.15) is 44.9 Å². The number of Topliss-reactive ketones (excluding diaryl/α,β-unsaturated/α-hetero) is 1. The second-order valence-corrected chi connectivity index (χ2v) is 6.46. The molecule has 5 N–H and O–H groups in total. The molecule has 9 heteroatoms. The molecule has 0 aromatic carbocycles. The molecule has 1 aliphatic rings. The van der Waals surface area contributed by atoms with E-state index < -0.39 is 36.8 Å². The summed E-state index contributed by atoms with van der Waals surface area (Å²) in [6, 6.07) is 0. The van der Waals surface area contributed by atoms with Gasteiger partial charge in [0.1, 0.15) is 29.9 Å². The zero-order valence-corrected chi connectivity index (χ0v) is 14.8. The lowest BCUT2D eigenvalue weighted by molar-refractivity contribution is -0.118. The standard InChI is InChI=1S/C17H25N3O6/c1-3-4-11(22)6-9(2)5-10-7-20(17(25)19-15(10)18)16-14(24)13(23)12(8-21)26-16/h5,7,12-14,16,21,23-24H,3-4,6,8H2,1-2H3,(H2,18,19,25)/t12-,13-,14+,16-/m1/s1. The third-order valence-corrected chi connectivity index (χ3v) is 4.21. The topological polar surface area (TPSA) is 148 Å². The highest BCUT2D eigenvalue weighted by Gasteiger charge is 2.43. The lowest BCUT2D eigenvalue weighted by atomic mass is 10.1. The van der Waals surface area contributed by atoms with E-state index in [1.165, 1.54) is 6.20 Å². The number of hydrogen-bond acceptors (Lipinski definition) is 8. The molecule has 1 aromatic heterocycles. The fraction of sp³-hybridized carbons (Fsp3) is 0.588. The van der Waals surface area contributed by atoms with E-state index in [-0.39, 0.29) is 18.0 Å². The molecule has 0 radical (unpaired) electrons. The molecule has 1 fully saturated rings. The van der Waals surface area contributed by atoms with E-state index in [2.05, 4.69) is 4.98 Å². The number of nitrogens with two attached hydrogens (primary N) is 1. The van der Waals surface area contributed by atoms with E-state index in [1.54, 1.807) is 13.0 Å². The van der Waals surface area contributed by atoms with E-state index >= 15 is 0 Å². The summed E-state index contributed by atoms with van der Waals surface area (Å²) >= 11 is 0. The van der Waals surface area contributed by atoms with Gasteiger partial charge in [0.05, 0.1) is 6.61 Å². The molecule has 0 amide bonds. The summed E-state index contributed by atoms with van der Waals surface area (Å²) in [6.07, 6.45) is -0.413. The minimum Gasteiger partial charge on any atom is -0.394 e. The van der Waals surface area contributed by atoms with Crippen LogP contribution in [0.15, 0.2) is 16.6 Å². The van der Waals surface area contributed by atoms with Crippen molar-refractivity contribution in [3.8, 4) is 0 Å². The van der Waals surface area contributed by atoms with E-state index in [1.807, 2.05) is 6.92 Å². The first kappa shape index (κ1) is 20.2. The number of ether oxygens (including phenoxy) is 1. The molecule has 144 valence electrons. The maximum Gasteiger partial charge on any atom is 0.351 e. The SMILES string of the molecule is CCCC(=O)CC(C)=Cc1cn([C@@H]2O[C@H](CO)[C@@H](O)[C@@H]2O)c(=O)nc1N. The van der Waals surface area contributed by atoms with Crippen LogP contribution in [0.2, 0.25) is 0 Å². The van der Waals surface area contributed by atoms with Gasteiger partial charge in [-0.05, 0) is 13.3 Å². The molecule has 1 aromatic rings. The second kappa shape index (κ2) is 8.54. The number of hydrogen-bond donors (Lipinski definition) is 4. The summed E-state index contributed by atoms with van der Waals surface area (Å²) in [5, 5.41) is 29.1. The number of anilines is 1. The van der Waals surface area contributed by atoms with Crippen LogP contribution < -0.4 is 11.4 Å². The monoisotopic (exact) mass is 367 g/mol. The summed E-state index contributed by atoms with van der Waals surface area (Å²) in [5.74, 6) is 0.0878. The molecule has 1 saturated heterocycles. The molecule has 0 saturated carbocycles. The second-order valence-electron chi connectivity index (χ2n) is 6.46. The first-order valence-corrected chi connectivity index (χ1v) is 8.48. The lowest BCUT2D eigenvalue weighted by Gasteiger charge is -2.18. The molecule has 1 aliphatic heterocycles. The van der Waals surface area contributed by atoms with Crippen molar-refractivity contribution in [1.82, 2.24) is 9.55 Å². The third kappa shape index (κ3) is 4.36. The maximum atomic E-state index is 12.1. The number of aliphatic hydroxyl groups is 3. The first-order chi connectivity index (χ1) is 12.3. The molecule has 0 spiro atoms. The van der Waals surface area contributed by atoms with Crippen LogP contribution in [0.3, 0.4) is 0 Å². The number of aliphatic hydroxyl groups excluding tert-OH is 3. The number of nitrogens with zero attached hydrogens (tertiary/aromatic N) is 2. The van der Waals surface area contributed by atoms with Crippen LogP contribution in [-0.4, -0.2) is 55.6 Å². The van der Waals surface area contributed by atoms with Crippen molar-refractivity contribution >= 4 is 17.7 Å². The Labute approximate surface area is 150 Å². The highest BCUT2D eigenvalue weighted by molar-refractivity contribution is 5.82. The molecule has 4 atom stereocenters. The fourth-order valence-corrected chi connectivity index (χ4v) is 2.89. The third-order valence-electron chi connectivity index (χ3n) is 4.21. The van der Waals surface area contributed by atoms with Gasteiger partial charge in [-0.3, -0.25) is 9.36 Å². The van der Waals surface area contributed by atoms with E-state index in [0.717, 1.165) is 16.6 Å². The fourth-order valence-electron chi connectivity index (χ4n) is 2.89. The molecular weight excluding hydrogens is 342 g/mol. The van der Waals surface area contributed by atoms with Crippen molar-refractivity contribution in [3.05, 3.63) is 27.8 Å². The lowest BCUT2D eigenvalue weighted by Crippen LogP contribution is -2.36. The number of nitrogen functional groups attached to an aromatic ring is 1. The van der Waals surface area contributed by atoms with Crippen LogP contribution in [-0.2, 0) is 9.53 Å². The van der Waals surface area contributed by atoms with Crippen molar-refractivity contribution in [2.45, 2.75) is 57.6 Å². The molecule has 2 heterocycles. The van der Waals surface area contributed by atoms with Gasteiger partial charge in [-0.15, -0.1) is 0 Å². The summed E-state index contributed by atoms with van der Waals surface area (Å²) in [5.41, 5.74) is 6.19. The average molecular weight is 367 g/mol. The highest BCUT2D eigenvalue weighted by Crippen LogP contribution is 2.28. The number of ketones is 1. The number of carbonyl (C=O) groups is 1. The van der Waals surface area contributed by atoms with Crippen molar-refractivity contribution in [2.75, 3.05) is 12.3 Å². The first-order valence-electron chi connectivity index (χ1n) is 8.48. The largest absolute Gasteiger partial charge is 0.394 e. The number of rotatable bonds is 7. The summed E-state index contributed by atoms with van der Waals surface area (Å²) in [6.45, 7) is 3.20. The van der Waals surface area contributed by atoms with Gasteiger partial charge < -0.3 is 25.8 Å². The van der Waals surface area contributed by atoms with Gasteiger partial charge in [0.2, 0.25) is 0 Å². The predicted molar refractivity (Wildman–Crippen MR) is 94.1 cm³/mol. The van der Waals surface area contributed by atoms with E-state index in [0.29, 0.717) is 12.0 Å². The number of carbonyl (C=O) groups excluding carboxylic acids is 1.